The van der Waals surface area contributed by atoms with Crippen molar-refractivity contribution in [2.45, 2.75) is 13.0 Å². The molecule has 3 heteroatoms. The first-order chi connectivity index (χ1) is 8.07. The molecule has 0 atom stereocenters. The van der Waals surface area contributed by atoms with Gasteiger partial charge in [0.15, 0.2) is 0 Å². The molecule has 0 bridgehead atoms. The summed E-state index contributed by atoms with van der Waals surface area (Å²) in [6.45, 7) is 3.30. The highest BCUT2D eigenvalue weighted by Crippen LogP contribution is 2.16. The van der Waals surface area contributed by atoms with Crippen LogP contribution in [0.2, 0.25) is 0 Å². The zero-order valence-electron chi connectivity index (χ0n) is 11.5. The van der Waals surface area contributed by atoms with E-state index in [1.165, 1.54) is 18.5 Å². The molecule has 0 heterocycles. The van der Waals surface area contributed by atoms with Crippen molar-refractivity contribution in [3.8, 4) is 5.75 Å². The third-order valence-corrected chi connectivity index (χ3v) is 2.93. The fourth-order valence-electron chi connectivity index (χ4n) is 2.03. The monoisotopic (exact) mass is 237 g/mol. The van der Waals surface area contributed by atoms with Crippen LogP contribution in [0.5, 0.6) is 5.75 Å². The van der Waals surface area contributed by atoms with Gasteiger partial charge in [-0.05, 0) is 19.2 Å². The van der Waals surface area contributed by atoms with Crippen molar-refractivity contribution in [3.05, 3.63) is 29.8 Å². The maximum atomic E-state index is 5.25. The molecule has 1 rings (SSSR count). The summed E-state index contributed by atoms with van der Waals surface area (Å²) in [6, 6.07) is 8.34. The van der Waals surface area contributed by atoms with Crippen molar-refractivity contribution in [1.29, 1.82) is 0 Å². The minimum atomic E-state index is 0.942. The Morgan fingerprint density at radius 1 is 1.29 bits per heavy atom. The van der Waals surface area contributed by atoms with Crippen LogP contribution < -0.4 is 10.1 Å². The SMILES string of the molecule is CNCCC[N+](C)(C)Cc1cccc(OC)c1. The number of hydrogen-bond donors (Lipinski definition) is 1. The highest BCUT2D eigenvalue weighted by Gasteiger charge is 2.15. The van der Waals surface area contributed by atoms with E-state index in [1.54, 1.807) is 7.11 Å². The Labute approximate surface area is 105 Å². The first-order valence-corrected chi connectivity index (χ1v) is 6.17. The minimum absolute atomic E-state index is 0.942. The van der Waals surface area contributed by atoms with Crippen LogP contribution in [0, 0.1) is 0 Å². The van der Waals surface area contributed by atoms with Gasteiger partial charge in [0.25, 0.3) is 0 Å². The summed E-state index contributed by atoms with van der Waals surface area (Å²) in [5.41, 5.74) is 1.33. The number of ether oxygens (including phenoxy) is 1. The van der Waals surface area contributed by atoms with Crippen LogP contribution in [0.1, 0.15) is 12.0 Å². The highest BCUT2D eigenvalue weighted by atomic mass is 16.5. The molecular formula is C14H25N2O+. The Morgan fingerprint density at radius 2 is 2.06 bits per heavy atom. The Bertz CT molecular complexity index is 337. The standard InChI is InChI=1S/C14H25N2O/c1-15-9-6-10-16(2,3)12-13-7-5-8-14(11-13)17-4/h5,7-8,11,15H,6,9-10,12H2,1-4H3/q+1. The summed E-state index contributed by atoms with van der Waals surface area (Å²) < 4.78 is 6.26. The Balaban J connectivity index is 2.55. The van der Waals surface area contributed by atoms with Crippen LogP contribution in [0.15, 0.2) is 24.3 Å². The van der Waals surface area contributed by atoms with E-state index in [0.29, 0.717) is 0 Å². The van der Waals surface area contributed by atoms with Crippen molar-refractivity contribution in [1.82, 2.24) is 5.32 Å². The number of benzene rings is 1. The van der Waals surface area contributed by atoms with Crippen molar-refractivity contribution >= 4 is 0 Å². The molecule has 0 fully saturated rings. The molecule has 1 aromatic rings. The summed E-state index contributed by atoms with van der Waals surface area (Å²) in [5.74, 6) is 0.942. The van der Waals surface area contributed by atoms with Crippen LogP contribution in [0.3, 0.4) is 0 Å². The summed E-state index contributed by atoms with van der Waals surface area (Å²) in [6.07, 6.45) is 1.20. The maximum Gasteiger partial charge on any atom is 0.119 e. The third-order valence-electron chi connectivity index (χ3n) is 2.93. The first-order valence-electron chi connectivity index (χ1n) is 6.17. The van der Waals surface area contributed by atoms with Gasteiger partial charge >= 0.3 is 0 Å². The highest BCUT2D eigenvalue weighted by molar-refractivity contribution is 5.27. The lowest BCUT2D eigenvalue weighted by molar-refractivity contribution is -0.903. The van der Waals surface area contributed by atoms with Gasteiger partial charge in [0.1, 0.15) is 12.3 Å². The van der Waals surface area contributed by atoms with Gasteiger partial charge < -0.3 is 14.5 Å². The van der Waals surface area contributed by atoms with Crippen LogP contribution in [0.4, 0.5) is 0 Å². The second-order valence-electron chi connectivity index (χ2n) is 5.13. The average Bonchev–Trinajstić information content (AvgIpc) is 2.29. The molecule has 96 valence electrons. The average molecular weight is 237 g/mol. The number of rotatable bonds is 7. The molecule has 0 spiro atoms. The molecule has 17 heavy (non-hydrogen) atoms. The lowest BCUT2D eigenvalue weighted by Gasteiger charge is -2.30. The molecule has 0 radical (unpaired) electrons. The van der Waals surface area contributed by atoms with Crippen LogP contribution in [-0.2, 0) is 6.54 Å². The summed E-state index contributed by atoms with van der Waals surface area (Å²) in [5, 5.41) is 3.19. The number of methoxy groups -OCH3 is 1. The molecule has 0 saturated heterocycles. The second kappa shape index (κ2) is 6.62. The normalized spacial score (nSPS) is 11.5. The van der Waals surface area contributed by atoms with Crippen LogP contribution in [0.25, 0.3) is 0 Å². The molecule has 0 saturated carbocycles. The van der Waals surface area contributed by atoms with Crippen LogP contribution >= 0.6 is 0 Å². The molecule has 0 unspecified atom stereocenters. The Hall–Kier alpha value is -1.06. The van der Waals surface area contributed by atoms with E-state index >= 15 is 0 Å². The maximum absolute atomic E-state index is 5.25. The van der Waals surface area contributed by atoms with Gasteiger partial charge in [0, 0.05) is 18.5 Å². The van der Waals surface area contributed by atoms with Crippen molar-refractivity contribution in [2.75, 3.05) is 41.3 Å². The third kappa shape index (κ3) is 5.20. The molecule has 1 N–H and O–H groups in total. The molecule has 3 nitrogen and oxygen atoms in total. The topological polar surface area (TPSA) is 21.3 Å². The number of quaternary nitrogens is 1. The lowest BCUT2D eigenvalue weighted by atomic mass is 10.2. The van der Waals surface area contributed by atoms with E-state index in [-0.39, 0.29) is 0 Å². The zero-order chi connectivity index (χ0) is 12.7. The van der Waals surface area contributed by atoms with E-state index in [1.807, 2.05) is 13.1 Å². The van der Waals surface area contributed by atoms with Crippen molar-refractivity contribution < 1.29 is 9.22 Å². The molecular weight excluding hydrogens is 212 g/mol. The van der Waals surface area contributed by atoms with Gasteiger partial charge in [-0.15, -0.1) is 0 Å². The predicted octanol–water partition coefficient (Wildman–Crippen LogP) is 1.88. The van der Waals surface area contributed by atoms with Gasteiger partial charge in [-0.3, -0.25) is 0 Å². The first kappa shape index (κ1) is 14.0. The smallest absolute Gasteiger partial charge is 0.119 e. The molecule has 0 aliphatic carbocycles. The van der Waals surface area contributed by atoms with Gasteiger partial charge in [-0.2, -0.15) is 0 Å². The molecule has 0 aliphatic heterocycles. The van der Waals surface area contributed by atoms with Crippen molar-refractivity contribution in [3.63, 3.8) is 0 Å². The largest absolute Gasteiger partial charge is 0.497 e. The van der Waals surface area contributed by atoms with E-state index in [4.69, 9.17) is 4.74 Å². The van der Waals surface area contributed by atoms with Crippen LogP contribution in [-0.4, -0.2) is 45.8 Å². The molecule has 1 aromatic carbocycles. The van der Waals surface area contributed by atoms with E-state index < -0.39 is 0 Å². The quantitative estimate of drug-likeness (QED) is 0.577. The fourth-order valence-corrected chi connectivity index (χ4v) is 2.03. The van der Waals surface area contributed by atoms with E-state index in [0.717, 1.165) is 23.3 Å². The van der Waals surface area contributed by atoms with Gasteiger partial charge in [0.05, 0.1) is 27.7 Å². The Morgan fingerprint density at radius 3 is 2.71 bits per heavy atom. The lowest BCUT2D eigenvalue weighted by Crippen LogP contribution is -2.40. The number of nitrogens with zero attached hydrogens (tertiary/aromatic N) is 1. The molecule has 0 aromatic heterocycles. The zero-order valence-corrected chi connectivity index (χ0v) is 11.5. The summed E-state index contributed by atoms with van der Waals surface area (Å²) in [4.78, 5) is 0. The summed E-state index contributed by atoms with van der Waals surface area (Å²) >= 11 is 0. The van der Waals surface area contributed by atoms with E-state index in [9.17, 15) is 0 Å². The molecule has 0 amide bonds. The number of hydrogen-bond acceptors (Lipinski definition) is 2. The van der Waals surface area contributed by atoms with Gasteiger partial charge in [0.2, 0.25) is 0 Å². The minimum Gasteiger partial charge on any atom is -0.497 e. The van der Waals surface area contributed by atoms with Crippen molar-refractivity contribution in [2.24, 2.45) is 0 Å². The fraction of sp³-hybridized carbons (Fsp3) is 0.571. The molecule has 0 aliphatic rings. The predicted molar refractivity (Wildman–Crippen MR) is 72.2 cm³/mol. The van der Waals surface area contributed by atoms with E-state index in [2.05, 4.69) is 37.6 Å². The number of nitrogens with one attached hydrogen (secondary N) is 1. The summed E-state index contributed by atoms with van der Waals surface area (Å²) in [7, 11) is 8.26. The Kier molecular flexibility index (Phi) is 5.45. The van der Waals surface area contributed by atoms with Gasteiger partial charge in [-0.1, -0.05) is 12.1 Å². The van der Waals surface area contributed by atoms with Gasteiger partial charge in [-0.25, -0.2) is 0 Å². The second-order valence-corrected chi connectivity index (χ2v) is 5.13.